The Morgan fingerprint density at radius 3 is 2.67 bits per heavy atom. The van der Waals surface area contributed by atoms with E-state index in [1.807, 2.05) is 32.1 Å². The van der Waals surface area contributed by atoms with Crippen molar-refractivity contribution in [2.24, 2.45) is 0 Å². The van der Waals surface area contributed by atoms with Crippen molar-refractivity contribution in [3.8, 4) is 0 Å². The molecule has 0 saturated carbocycles. The Kier molecular flexibility index (Phi) is 2.93. The molecule has 0 N–H and O–H groups in total. The van der Waals surface area contributed by atoms with Crippen molar-refractivity contribution in [2.75, 3.05) is 0 Å². The van der Waals surface area contributed by atoms with E-state index in [2.05, 4.69) is 12.6 Å². The molecular weight excluding hydrogens is 168 g/mol. The molecule has 0 aromatic heterocycles. The van der Waals surface area contributed by atoms with Gasteiger partial charge in [0.25, 0.3) is 0 Å². The van der Waals surface area contributed by atoms with Crippen LogP contribution in [0.4, 0.5) is 0 Å². The summed E-state index contributed by atoms with van der Waals surface area (Å²) in [5.74, 6) is 1.15. The summed E-state index contributed by atoms with van der Waals surface area (Å²) in [6.45, 7) is 7.73. The third kappa shape index (κ3) is 1.89. The summed E-state index contributed by atoms with van der Waals surface area (Å²) in [5, 5.41) is 0.814. The summed E-state index contributed by atoms with van der Waals surface area (Å²) in [6.07, 6.45) is 1.83. The van der Waals surface area contributed by atoms with Crippen molar-refractivity contribution in [3.63, 3.8) is 0 Å². The monoisotopic (exact) mass is 179 g/mol. The van der Waals surface area contributed by atoms with Crippen LogP contribution in [0.3, 0.4) is 0 Å². The molecule has 0 aliphatic carbocycles. The van der Waals surface area contributed by atoms with Gasteiger partial charge in [-0.05, 0) is 24.1 Å². The van der Waals surface area contributed by atoms with Crippen LogP contribution >= 0.6 is 11.6 Å². The second-order valence-corrected chi connectivity index (χ2v) is 3.26. The maximum Gasteiger partial charge on any atom is 0.0438 e. The van der Waals surface area contributed by atoms with Gasteiger partial charge in [0.2, 0.25) is 0 Å². The van der Waals surface area contributed by atoms with Crippen LogP contribution in [-0.2, 0) is 0 Å². The Bertz CT molecular complexity index is 289. The lowest BCUT2D eigenvalue weighted by atomic mass is 10.0. The highest BCUT2D eigenvalue weighted by atomic mass is 35.5. The quantitative estimate of drug-likeness (QED) is 0.648. The molecule has 0 spiro atoms. The first-order valence-electron chi connectivity index (χ1n) is 3.87. The van der Waals surface area contributed by atoms with Gasteiger partial charge in [-0.2, -0.15) is 0 Å². The molecule has 0 fully saturated rings. The highest BCUT2D eigenvalue weighted by Crippen LogP contribution is 2.22. The van der Waals surface area contributed by atoms with Crippen LogP contribution in [0.2, 0.25) is 5.02 Å². The number of benzene rings is 1. The first-order valence-corrected chi connectivity index (χ1v) is 4.25. The summed E-state index contributed by atoms with van der Waals surface area (Å²) in [7, 11) is 0. The Hall–Kier alpha value is -0.750. The molecular formula is C11H12Cl. The Labute approximate surface area is 78.9 Å². The van der Waals surface area contributed by atoms with E-state index in [1.165, 1.54) is 0 Å². The van der Waals surface area contributed by atoms with E-state index in [1.54, 1.807) is 0 Å². The fraction of sp³-hybridized carbons (Fsp3) is 0.182. The zero-order valence-electron chi connectivity index (χ0n) is 7.39. The van der Waals surface area contributed by atoms with E-state index in [4.69, 9.17) is 11.6 Å². The SMILES string of the molecule is C=C[C](C)c1ccc(C)c(Cl)c1. The van der Waals surface area contributed by atoms with Crippen molar-refractivity contribution in [3.05, 3.63) is 52.9 Å². The molecule has 0 atom stereocenters. The fourth-order valence-corrected chi connectivity index (χ4v) is 1.14. The van der Waals surface area contributed by atoms with E-state index in [-0.39, 0.29) is 0 Å². The molecule has 0 amide bonds. The van der Waals surface area contributed by atoms with Crippen LogP contribution < -0.4 is 0 Å². The summed E-state index contributed by atoms with van der Waals surface area (Å²) < 4.78 is 0. The third-order valence-corrected chi connectivity index (χ3v) is 2.34. The highest BCUT2D eigenvalue weighted by molar-refractivity contribution is 6.31. The highest BCUT2D eigenvalue weighted by Gasteiger charge is 2.02. The summed E-state index contributed by atoms with van der Waals surface area (Å²) in [5.41, 5.74) is 2.25. The molecule has 0 heterocycles. The standard InChI is InChI=1S/C11H12Cl/c1-4-8(2)10-6-5-9(3)11(12)7-10/h4-7H,1H2,2-3H3. The van der Waals surface area contributed by atoms with Gasteiger partial charge < -0.3 is 0 Å². The summed E-state index contributed by atoms with van der Waals surface area (Å²) >= 11 is 5.97. The molecule has 0 saturated heterocycles. The number of hydrogen-bond acceptors (Lipinski definition) is 0. The van der Waals surface area contributed by atoms with Crippen LogP contribution in [0.25, 0.3) is 0 Å². The average Bonchev–Trinajstić information content (AvgIpc) is 2.08. The fourth-order valence-electron chi connectivity index (χ4n) is 0.956. The molecule has 0 bridgehead atoms. The molecule has 1 aromatic rings. The maximum absolute atomic E-state index is 5.97. The van der Waals surface area contributed by atoms with Gasteiger partial charge in [-0.3, -0.25) is 0 Å². The first-order chi connectivity index (χ1) is 5.65. The Morgan fingerprint density at radius 1 is 1.50 bits per heavy atom. The molecule has 1 heteroatoms. The van der Waals surface area contributed by atoms with Gasteiger partial charge in [0, 0.05) is 10.9 Å². The zero-order chi connectivity index (χ0) is 9.14. The molecule has 63 valence electrons. The second kappa shape index (κ2) is 3.77. The Balaban J connectivity index is 3.04. The van der Waals surface area contributed by atoms with E-state index in [9.17, 15) is 0 Å². The van der Waals surface area contributed by atoms with Crippen molar-refractivity contribution < 1.29 is 0 Å². The first kappa shape index (κ1) is 9.34. The van der Waals surface area contributed by atoms with Gasteiger partial charge in [0.05, 0.1) is 0 Å². The number of hydrogen-bond donors (Lipinski definition) is 0. The normalized spacial score (nSPS) is 10.3. The minimum absolute atomic E-state index is 0.814. The van der Waals surface area contributed by atoms with Crippen LogP contribution in [0.5, 0.6) is 0 Å². The third-order valence-electron chi connectivity index (χ3n) is 1.93. The van der Waals surface area contributed by atoms with Gasteiger partial charge in [-0.25, -0.2) is 0 Å². The van der Waals surface area contributed by atoms with E-state index < -0.39 is 0 Å². The molecule has 0 aliphatic rings. The molecule has 0 nitrogen and oxygen atoms in total. The van der Waals surface area contributed by atoms with Crippen LogP contribution in [-0.4, -0.2) is 0 Å². The minimum atomic E-state index is 0.814. The lowest BCUT2D eigenvalue weighted by molar-refractivity contribution is 1.25. The summed E-state index contributed by atoms with van der Waals surface area (Å²) in [4.78, 5) is 0. The van der Waals surface area contributed by atoms with Crippen LogP contribution in [0, 0.1) is 12.8 Å². The molecule has 0 unspecified atom stereocenters. The van der Waals surface area contributed by atoms with E-state index >= 15 is 0 Å². The number of aryl methyl sites for hydroxylation is 1. The maximum atomic E-state index is 5.97. The minimum Gasteiger partial charge on any atom is -0.102 e. The van der Waals surface area contributed by atoms with Crippen LogP contribution in [0.15, 0.2) is 30.9 Å². The van der Waals surface area contributed by atoms with Gasteiger partial charge in [-0.1, -0.05) is 36.7 Å². The predicted octanol–water partition coefficient (Wildman–Crippen LogP) is 3.78. The van der Waals surface area contributed by atoms with Crippen molar-refractivity contribution in [1.29, 1.82) is 0 Å². The molecule has 0 aliphatic heterocycles. The lowest BCUT2D eigenvalue weighted by Gasteiger charge is -2.06. The predicted molar refractivity (Wildman–Crippen MR) is 54.4 cm³/mol. The number of allylic oxidation sites excluding steroid dienone is 1. The topological polar surface area (TPSA) is 0 Å². The van der Waals surface area contributed by atoms with Gasteiger partial charge in [-0.15, -0.1) is 6.58 Å². The second-order valence-electron chi connectivity index (χ2n) is 2.85. The molecule has 1 aromatic carbocycles. The molecule has 1 radical (unpaired) electrons. The van der Waals surface area contributed by atoms with Crippen molar-refractivity contribution in [1.82, 2.24) is 0 Å². The molecule has 12 heavy (non-hydrogen) atoms. The van der Waals surface area contributed by atoms with E-state index in [0.717, 1.165) is 22.1 Å². The molecule has 1 rings (SSSR count). The number of halogens is 1. The van der Waals surface area contributed by atoms with Crippen LogP contribution in [0.1, 0.15) is 18.1 Å². The van der Waals surface area contributed by atoms with Gasteiger partial charge >= 0.3 is 0 Å². The van der Waals surface area contributed by atoms with Gasteiger partial charge in [0.1, 0.15) is 0 Å². The number of rotatable bonds is 2. The zero-order valence-corrected chi connectivity index (χ0v) is 8.15. The van der Waals surface area contributed by atoms with Crippen molar-refractivity contribution >= 4 is 11.6 Å². The Morgan fingerprint density at radius 2 is 2.17 bits per heavy atom. The smallest absolute Gasteiger partial charge is 0.0438 e. The largest absolute Gasteiger partial charge is 0.102 e. The average molecular weight is 180 g/mol. The van der Waals surface area contributed by atoms with Gasteiger partial charge in [0.15, 0.2) is 0 Å². The van der Waals surface area contributed by atoms with Crippen molar-refractivity contribution in [2.45, 2.75) is 13.8 Å². The summed E-state index contributed by atoms with van der Waals surface area (Å²) in [6, 6.07) is 6.04. The lowest BCUT2D eigenvalue weighted by Crippen LogP contribution is -1.89. The van der Waals surface area contributed by atoms with E-state index in [0.29, 0.717) is 0 Å².